The van der Waals surface area contributed by atoms with Crippen molar-refractivity contribution in [2.24, 2.45) is 0 Å². The van der Waals surface area contributed by atoms with Gasteiger partial charge < -0.3 is 10.6 Å². The third-order valence-corrected chi connectivity index (χ3v) is 5.13. The van der Waals surface area contributed by atoms with E-state index >= 15 is 0 Å². The number of amides is 2. The molecule has 0 saturated heterocycles. The van der Waals surface area contributed by atoms with Crippen molar-refractivity contribution in [3.05, 3.63) is 107 Å². The van der Waals surface area contributed by atoms with Crippen LogP contribution in [0.3, 0.4) is 0 Å². The number of para-hydroxylation sites is 1. The zero-order chi connectivity index (χ0) is 24.1. The van der Waals surface area contributed by atoms with E-state index in [9.17, 15) is 14.0 Å². The average molecular weight is 455 g/mol. The Labute approximate surface area is 196 Å². The average Bonchev–Trinajstić information content (AvgIpc) is 3.13. The lowest BCUT2D eigenvalue weighted by atomic mass is 10.1. The summed E-state index contributed by atoms with van der Waals surface area (Å²) in [6.07, 6.45) is 4.51. The van der Waals surface area contributed by atoms with Gasteiger partial charge in [0.15, 0.2) is 0 Å². The summed E-state index contributed by atoms with van der Waals surface area (Å²) in [7, 11) is 0. The SMILES string of the molecule is Cc1nn(-c2ccccc2)c(C)c1/C=C/C(=O)Nc1cc(F)ccc1NC(=O)c1ccccn1. The first kappa shape index (κ1) is 22.6. The highest BCUT2D eigenvalue weighted by Gasteiger charge is 2.14. The molecule has 0 aliphatic carbocycles. The summed E-state index contributed by atoms with van der Waals surface area (Å²) in [5.74, 6) is -1.51. The summed E-state index contributed by atoms with van der Waals surface area (Å²) in [6, 6.07) is 18.3. The first-order chi connectivity index (χ1) is 16.4. The van der Waals surface area contributed by atoms with Gasteiger partial charge in [-0.05, 0) is 62.4 Å². The molecule has 0 aliphatic heterocycles. The van der Waals surface area contributed by atoms with Crippen LogP contribution in [0.25, 0.3) is 11.8 Å². The lowest BCUT2D eigenvalue weighted by Gasteiger charge is -2.11. The van der Waals surface area contributed by atoms with Gasteiger partial charge in [-0.3, -0.25) is 14.6 Å². The number of hydrogen-bond donors (Lipinski definition) is 2. The Balaban J connectivity index is 1.52. The minimum atomic E-state index is -0.550. The van der Waals surface area contributed by atoms with Crippen LogP contribution in [0.1, 0.15) is 27.4 Å². The van der Waals surface area contributed by atoms with Crippen molar-refractivity contribution < 1.29 is 14.0 Å². The first-order valence-corrected chi connectivity index (χ1v) is 10.5. The van der Waals surface area contributed by atoms with E-state index in [-0.39, 0.29) is 17.1 Å². The van der Waals surface area contributed by atoms with Crippen molar-refractivity contribution in [2.75, 3.05) is 10.6 Å². The van der Waals surface area contributed by atoms with Crippen LogP contribution in [0.5, 0.6) is 0 Å². The van der Waals surface area contributed by atoms with Crippen molar-refractivity contribution in [1.82, 2.24) is 14.8 Å². The molecule has 0 aliphatic rings. The van der Waals surface area contributed by atoms with Crippen LogP contribution in [0.4, 0.5) is 15.8 Å². The third-order valence-electron chi connectivity index (χ3n) is 5.13. The molecule has 2 aromatic carbocycles. The van der Waals surface area contributed by atoms with Crippen LogP contribution in [0.15, 0.2) is 79.0 Å². The highest BCUT2D eigenvalue weighted by Crippen LogP contribution is 2.24. The van der Waals surface area contributed by atoms with Crippen LogP contribution >= 0.6 is 0 Å². The summed E-state index contributed by atoms with van der Waals surface area (Å²) in [5, 5.41) is 9.84. The van der Waals surface area contributed by atoms with Gasteiger partial charge in [0.05, 0.1) is 22.8 Å². The number of aryl methyl sites for hydroxylation is 1. The molecule has 4 rings (SSSR count). The zero-order valence-corrected chi connectivity index (χ0v) is 18.6. The molecule has 4 aromatic rings. The Morgan fingerprint density at radius 2 is 1.71 bits per heavy atom. The lowest BCUT2D eigenvalue weighted by molar-refractivity contribution is -0.111. The largest absolute Gasteiger partial charge is 0.321 e. The van der Waals surface area contributed by atoms with Crippen LogP contribution in [0.2, 0.25) is 0 Å². The molecular formula is C26H22FN5O2. The zero-order valence-electron chi connectivity index (χ0n) is 18.6. The van der Waals surface area contributed by atoms with Gasteiger partial charge in [0, 0.05) is 23.5 Å². The van der Waals surface area contributed by atoms with Gasteiger partial charge >= 0.3 is 0 Å². The highest BCUT2D eigenvalue weighted by atomic mass is 19.1. The number of nitrogens with zero attached hydrogens (tertiary/aromatic N) is 3. The number of benzene rings is 2. The summed E-state index contributed by atoms with van der Waals surface area (Å²) < 4.78 is 15.7. The molecular weight excluding hydrogens is 433 g/mol. The Hall–Kier alpha value is -4.59. The molecule has 7 nitrogen and oxygen atoms in total. The molecule has 0 radical (unpaired) electrons. The molecule has 2 aromatic heterocycles. The lowest BCUT2D eigenvalue weighted by Crippen LogP contribution is -2.16. The van der Waals surface area contributed by atoms with Crippen molar-refractivity contribution in [2.45, 2.75) is 13.8 Å². The van der Waals surface area contributed by atoms with Crippen LogP contribution in [-0.4, -0.2) is 26.6 Å². The number of carbonyl (C=O) groups excluding carboxylic acids is 2. The number of halogens is 1. The fraction of sp³-hybridized carbons (Fsp3) is 0.0769. The van der Waals surface area contributed by atoms with E-state index in [4.69, 9.17) is 0 Å². The van der Waals surface area contributed by atoms with Crippen LogP contribution < -0.4 is 10.6 Å². The standard InChI is InChI=1S/C26H22FN5O2/c1-17-21(18(2)32(31-17)20-8-4-3-5-9-20)12-14-25(33)29-24-16-19(27)11-13-22(24)30-26(34)23-10-6-7-15-28-23/h3-16H,1-2H3,(H,29,33)(H,30,34)/b14-12+. The van der Waals surface area contributed by atoms with Crippen molar-refractivity contribution in [1.29, 1.82) is 0 Å². The monoisotopic (exact) mass is 455 g/mol. The van der Waals surface area contributed by atoms with Crippen LogP contribution in [0, 0.1) is 19.7 Å². The van der Waals surface area contributed by atoms with Gasteiger partial charge in [-0.25, -0.2) is 9.07 Å². The second-order valence-corrected chi connectivity index (χ2v) is 7.51. The van der Waals surface area contributed by atoms with Gasteiger partial charge in [0.1, 0.15) is 11.5 Å². The number of pyridine rings is 1. The van der Waals surface area contributed by atoms with Gasteiger partial charge in [0.2, 0.25) is 5.91 Å². The molecule has 0 spiro atoms. The van der Waals surface area contributed by atoms with E-state index in [0.717, 1.165) is 28.7 Å². The Bertz CT molecular complexity index is 1360. The van der Waals surface area contributed by atoms with Gasteiger partial charge in [-0.15, -0.1) is 0 Å². The van der Waals surface area contributed by atoms with E-state index in [2.05, 4.69) is 20.7 Å². The van der Waals surface area contributed by atoms with Crippen molar-refractivity contribution >= 4 is 29.3 Å². The summed E-state index contributed by atoms with van der Waals surface area (Å²) >= 11 is 0. The number of rotatable bonds is 6. The van der Waals surface area contributed by atoms with Gasteiger partial charge in [0.25, 0.3) is 5.91 Å². The Morgan fingerprint density at radius 1 is 0.941 bits per heavy atom. The van der Waals surface area contributed by atoms with E-state index in [1.54, 1.807) is 24.3 Å². The van der Waals surface area contributed by atoms with E-state index in [1.807, 2.05) is 48.9 Å². The molecule has 2 amide bonds. The second-order valence-electron chi connectivity index (χ2n) is 7.51. The normalized spacial score (nSPS) is 10.9. The molecule has 170 valence electrons. The quantitative estimate of drug-likeness (QED) is 0.404. The predicted molar refractivity (Wildman–Crippen MR) is 129 cm³/mol. The third kappa shape index (κ3) is 5.07. The number of aromatic nitrogens is 3. The smallest absolute Gasteiger partial charge is 0.274 e. The molecule has 2 heterocycles. The number of hydrogen-bond acceptors (Lipinski definition) is 4. The topological polar surface area (TPSA) is 88.9 Å². The molecule has 8 heteroatoms. The van der Waals surface area contributed by atoms with Crippen molar-refractivity contribution in [3.63, 3.8) is 0 Å². The van der Waals surface area contributed by atoms with Gasteiger partial charge in [-0.1, -0.05) is 24.3 Å². The maximum Gasteiger partial charge on any atom is 0.274 e. The van der Waals surface area contributed by atoms with E-state index in [1.165, 1.54) is 24.4 Å². The molecule has 0 unspecified atom stereocenters. The van der Waals surface area contributed by atoms with E-state index in [0.29, 0.717) is 0 Å². The fourth-order valence-corrected chi connectivity index (χ4v) is 3.46. The summed E-state index contributed by atoms with van der Waals surface area (Å²) in [5.41, 5.74) is 3.95. The highest BCUT2D eigenvalue weighted by molar-refractivity contribution is 6.08. The molecule has 34 heavy (non-hydrogen) atoms. The predicted octanol–water partition coefficient (Wildman–Crippen LogP) is 4.93. The maximum atomic E-state index is 13.9. The number of carbonyl (C=O) groups is 2. The maximum absolute atomic E-state index is 13.9. The van der Waals surface area contributed by atoms with Crippen LogP contribution in [-0.2, 0) is 4.79 Å². The molecule has 0 atom stereocenters. The number of anilines is 2. The Morgan fingerprint density at radius 3 is 2.44 bits per heavy atom. The fourth-order valence-electron chi connectivity index (χ4n) is 3.46. The minimum absolute atomic E-state index is 0.132. The summed E-state index contributed by atoms with van der Waals surface area (Å²) in [4.78, 5) is 29.1. The summed E-state index contributed by atoms with van der Waals surface area (Å²) in [6.45, 7) is 3.78. The number of nitrogens with one attached hydrogen (secondary N) is 2. The molecule has 0 saturated carbocycles. The first-order valence-electron chi connectivity index (χ1n) is 10.5. The minimum Gasteiger partial charge on any atom is -0.321 e. The van der Waals surface area contributed by atoms with Crippen molar-refractivity contribution in [3.8, 4) is 5.69 Å². The second kappa shape index (κ2) is 9.91. The van der Waals surface area contributed by atoms with E-state index < -0.39 is 17.6 Å². The van der Waals surface area contributed by atoms with Gasteiger partial charge in [-0.2, -0.15) is 5.10 Å². The molecule has 0 bridgehead atoms. The Kier molecular flexibility index (Phi) is 6.59. The molecule has 0 fully saturated rings. The molecule has 2 N–H and O–H groups in total.